The summed E-state index contributed by atoms with van der Waals surface area (Å²) in [6, 6.07) is -1.23. The highest BCUT2D eigenvalue weighted by atomic mass is 16.4. The van der Waals surface area contributed by atoms with Gasteiger partial charge in [-0.05, 0) is 6.42 Å². The van der Waals surface area contributed by atoms with E-state index in [1.165, 1.54) is 0 Å². The molecule has 0 aromatic carbocycles. The number of nitrogens with two attached hydrogens (primary N) is 1. The number of aliphatic hydroxyl groups is 4. The van der Waals surface area contributed by atoms with Crippen LogP contribution in [0.5, 0.6) is 0 Å². The van der Waals surface area contributed by atoms with E-state index < -0.39 is 55.2 Å². The molecule has 21 heavy (non-hydrogen) atoms. The Hall–Kier alpha value is -1.59. The molecule has 0 heterocycles. The van der Waals surface area contributed by atoms with Gasteiger partial charge in [-0.15, -0.1) is 0 Å². The van der Waals surface area contributed by atoms with Crippen molar-refractivity contribution in [2.75, 3.05) is 13.2 Å². The molecule has 0 spiro atoms. The molecular weight excluding hydrogens is 288 g/mol. The number of hydrogen-bond donors (Lipinski definition) is 7. The lowest BCUT2D eigenvalue weighted by Crippen LogP contribution is -2.49. The molecule has 0 aromatic heterocycles. The number of primary amides is 1. The summed E-state index contributed by atoms with van der Waals surface area (Å²) in [5.74, 6) is -2.98. The molecule has 10 heteroatoms. The third kappa shape index (κ3) is 7.11. The molecule has 0 unspecified atom stereocenters. The van der Waals surface area contributed by atoms with Crippen molar-refractivity contribution in [1.29, 1.82) is 0 Å². The van der Waals surface area contributed by atoms with Gasteiger partial charge in [-0.3, -0.25) is 19.7 Å². The number of rotatable bonds is 11. The topological polar surface area (TPSA) is 190 Å². The van der Waals surface area contributed by atoms with E-state index in [-0.39, 0.29) is 12.8 Å². The Bertz CT molecular complexity index is 375. The van der Waals surface area contributed by atoms with Crippen LogP contribution in [0.15, 0.2) is 0 Å². The van der Waals surface area contributed by atoms with Gasteiger partial charge >= 0.3 is 5.97 Å². The van der Waals surface area contributed by atoms with Crippen LogP contribution in [0.3, 0.4) is 0 Å². The summed E-state index contributed by atoms with van der Waals surface area (Å²) in [4.78, 5) is 33.0. The zero-order chi connectivity index (χ0) is 16.6. The van der Waals surface area contributed by atoms with Crippen molar-refractivity contribution in [1.82, 2.24) is 5.32 Å². The van der Waals surface area contributed by atoms with E-state index in [2.05, 4.69) is 5.32 Å². The van der Waals surface area contributed by atoms with Gasteiger partial charge in [0.15, 0.2) is 5.78 Å². The van der Waals surface area contributed by atoms with Crippen molar-refractivity contribution in [2.45, 2.75) is 37.2 Å². The minimum atomic E-state index is -1.98. The number of nitrogens with one attached hydrogen (secondary N) is 1. The molecule has 0 aromatic rings. The summed E-state index contributed by atoms with van der Waals surface area (Å²) >= 11 is 0. The zero-order valence-electron chi connectivity index (χ0n) is 11.2. The fraction of sp³-hybridized carbons (Fsp3) is 0.727. The number of amides is 1. The number of aliphatic carboxylic acids is 1. The quantitative estimate of drug-likeness (QED) is 0.199. The number of aliphatic hydroxyl groups excluding tert-OH is 4. The van der Waals surface area contributed by atoms with Crippen LogP contribution in [0, 0.1) is 0 Å². The third-order valence-corrected chi connectivity index (χ3v) is 2.73. The smallest absolute Gasteiger partial charge is 0.320 e. The fourth-order valence-corrected chi connectivity index (χ4v) is 1.44. The van der Waals surface area contributed by atoms with Gasteiger partial charge < -0.3 is 31.3 Å². The highest BCUT2D eigenvalue weighted by molar-refractivity contribution is 5.86. The highest BCUT2D eigenvalue weighted by Crippen LogP contribution is 2.02. The number of carboxylic acids is 1. The summed E-state index contributed by atoms with van der Waals surface area (Å²) in [6.07, 6.45) is -5.92. The Morgan fingerprint density at radius 2 is 1.71 bits per heavy atom. The van der Waals surface area contributed by atoms with Crippen molar-refractivity contribution in [3.8, 4) is 0 Å². The number of carboxylic acid groups (broad SMARTS) is 1. The highest BCUT2D eigenvalue weighted by Gasteiger charge is 2.30. The average molecular weight is 308 g/mol. The van der Waals surface area contributed by atoms with Crippen LogP contribution < -0.4 is 11.1 Å². The van der Waals surface area contributed by atoms with Gasteiger partial charge in [0, 0.05) is 6.42 Å². The van der Waals surface area contributed by atoms with Crippen LogP contribution in [-0.4, -0.2) is 80.7 Å². The maximum atomic E-state index is 11.5. The Morgan fingerprint density at radius 3 is 2.14 bits per heavy atom. The maximum absolute atomic E-state index is 11.5. The first-order chi connectivity index (χ1) is 9.70. The number of hydrogen-bond acceptors (Lipinski definition) is 8. The van der Waals surface area contributed by atoms with Gasteiger partial charge in [-0.25, -0.2) is 0 Å². The van der Waals surface area contributed by atoms with E-state index in [0.29, 0.717) is 0 Å². The Balaban J connectivity index is 4.41. The lowest BCUT2D eigenvalue weighted by atomic mass is 10.0. The van der Waals surface area contributed by atoms with Gasteiger partial charge in [-0.1, -0.05) is 0 Å². The van der Waals surface area contributed by atoms with Crippen molar-refractivity contribution in [3.63, 3.8) is 0 Å². The molecule has 0 bridgehead atoms. The Morgan fingerprint density at radius 1 is 1.14 bits per heavy atom. The molecule has 0 aliphatic heterocycles. The predicted octanol–water partition coefficient (Wildman–Crippen LogP) is -4.06. The van der Waals surface area contributed by atoms with Crippen LogP contribution in [0.25, 0.3) is 0 Å². The molecule has 0 aliphatic carbocycles. The van der Waals surface area contributed by atoms with Gasteiger partial charge in [0.2, 0.25) is 5.91 Å². The van der Waals surface area contributed by atoms with E-state index in [1.807, 2.05) is 0 Å². The SMILES string of the molecule is NC(=O)CC[C@H](NCC(=O)[C@@H](O)[C@H](O)[C@H](O)CO)C(=O)O. The molecule has 0 radical (unpaired) electrons. The largest absolute Gasteiger partial charge is 0.480 e. The van der Waals surface area contributed by atoms with Crippen LogP contribution >= 0.6 is 0 Å². The average Bonchev–Trinajstić information content (AvgIpc) is 2.43. The summed E-state index contributed by atoms with van der Waals surface area (Å²) in [5, 5.41) is 47.6. The van der Waals surface area contributed by atoms with Gasteiger partial charge in [0.05, 0.1) is 13.2 Å². The second kappa shape index (κ2) is 9.37. The molecule has 4 atom stereocenters. The van der Waals surface area contributed by atoms with Crippen molar-refractivity contribution in [2.24, 2.45) is 5.73 Å². The third-order valence-electron chi connectivity index (χ3n) is 2.73. The zero-order valence-corrected chi connectivity index (χ0v) is 11.2. The van der Waals surface area contributed by atoms with Crippen LogP contribution in [-0.2, 0) is 14.4 Å². The van der Waals surface area contributed by atoms with Crippen molar-refractivity contribution < 1.29 is 39.9 Å². The Kier molecular flexibility index (Phi) is 8.66. The predicted molar refractivity (Wildman–Crippen MR) is 68.0 cm³/mol. The minimum absolute atomic E-state index is 0.143. The molecule has 0 rings (SSSR count). The van der Waals surface area contributed by atoms with E-state index in [1.54, 1.807) is 0 Å². The van der Waals surface area contributed by atoms with Gasteiger partial charge in [0.25, 0.3) is 0 Å². The van der Waals surface area contributed by atoms with Crippen LogP contribution in [0.1, 0.15) is 12.8 Å². The number of ketones is 1. The molecule has 10 nitrogen and oxygen atoms in total. The number of Topliss-reactive ketones (excluding diaryl/α,β-unsaturated/α-hetero) is 1. The summed E-state index contributed by atoms with van der Waals surface area (Å²) in [6.45, 7) is -1.46. The molecule has 122 valence electrons. The maximum Gasteiger partial charge on any atom is 0.320 e. The molecule has 0 saturated heterocycles. The number of carbonyl (C=O) groups excluding carboxylic acids is 2. The van der Waals surface area contributed by atoms with Crippen LogP contribution in [0.2, 0.25) is 0 Å². The summed E-state index contributed by atoms with van der Waals surface area (Å²) < 4.78 is 0. The summed E-state index contributed by atoms with van der Waals surface area (Å²) in [7, 11) is 0. The Labute approximate surface area is 120 Å². The van der Waals surface area contributed by atoms with Crippen LogP contribution in [0.4, 0.5) is 0 Å². The summed E-state index contributed by atoms with van der Waals surface area (Å²) in [5.41, 5.74) is 4.88. The first-order valence-corrected chi connectivity index (χ1v) is 6.13. The monoisotopic (exact) mass is 308 g/mol. The first-order valence-electron chi connectivity index (χ1n) is 6.13. The second-order valence-corrected chi connectivity index (χ2v) is 4.43. The standard InChI is InChI=1S/C11H20N2O8/c12-8(17)2-1-5(11(20)21)13-3-6(15)9(18)10(19)7(16)4-14/h5,7,9-10,13-14,16,18-19H,1-4H2,(H2,12,17)(H,20,21)/t5-,7+,9+,10+/m0/s1. The van der Waals surface area contributed by atoms with Crippen molar-refractivity contribution in [3.05, 3.63) is 0 Å². The molecule has 8 N–H and O–H groups in total. The normalized spacial score (nSPS) is 16.8. The van der Waals surface area contributed by atoms with Gasteiger partial charge in [-0.2, -0.15) is 0 Å². The second-order valence-electron chi connectivity index (χ2n) is 4.43. The molecule has 0 saturated carbocycles. The van der Waals surface area contributed by atoms with E-state index in [4.69, 9.17) is 21.1 Å². The van der Waals surface area contributed by atoms with Crippen molar-refractivity contribution >= 4 is 17.7 Å². The molecular formula is C11H20N2O8. The van der Waals surface area contributed by atoms with E-state index in [0.717, 1.165) is 0 Å². The molecule has 0 aliphatic rings. The van der Waals surface area contributed by atoms with E-state index >= 15 is 0 Å². The lowest BCUT2D eigenvalue weighted by Gasteiger charge is -2.21. The lowest BCUT2D eigenvalue weighted by molar-refractivity contribution is -0.141. The van der Waals surface area contributed by atoms with E-state index in [9.17, 15) is 24.6 Å². The fourth-order valence-electron chi connectivity index (χ4n) is 1.44. The number of carbonyl (C=O) groups is 3. The minimum Gasteiger partial charge on any atom is -0.480 e. The van der Waals surface area contributed by atoms with Gasteiger partial charge in [0.1, 0.15) is 24.4 Å². The molecule has 0 fully saturated rings. The molecule has 1 amide bonds. The first kappa shape index (κ1) is 19.4.